The molecule has 1 radical (unpaired) electrons. The van der Waals surface area contributed by atoms with Gasteiger partial charge in [0.15, 0.2) is 0 Å². The van der Waals surface area contributed by atoms with Crippen molar-refractivity contribution in [1.82, 2.24) is 10.2 Å². The lowest BCUT2D eigenvalue weighted by Crippen LogP contribution is -1.81. The molecule has 0 atom stereocenters. The van der Waals surface area contributed by atoms with Crippen molar-refractivity contribution >= 4 is 0 Å². The molecule has 0 bridgehead atoms. The largest absolute Gasteiger partial charge is 0.277 e. The maximum absolute atomic E-state index is 4.02. The van der Waals surface area contributed by atoms with E-state index in [1.807, 2.05) is 36.4 Å². The van der Waals surface area contributed by atoms with E-state index < -0.39 is 0 Å². The molecule has 1 N–H and O–H groups in total. The van der Waals surface area contributed by atoms with E-state index in [2.05, 4.69) is 40.7 Å². The smallest absolute Gasteiger partial charge is 0.121 e. The van der Waals surface area contributed by atoms with Gasteiger partial charge in [0, 0.05) is 11.1 Å². The molecule has 2 aromatic carbocycles. The van der Waals surface area contributed by atoms with Gasteiger partial charge in [-0.3, -0.25) is 5.10 Å². The first-order valence-corrected chi connectivity index (χ1v) is 5.52. The van der Waals surface area contributed by atoms with Gasteiger partial charge in [0.05, 0.1) is 5.69 Å². The Balaban J connectivity index is 2.13. The van der Waals surface area contributed by atoms with Crippen LogP contribution in [-0.2, 0) is 0 Å². The van der Waals surface area contributed by atoms with Crippen LogP contribution in [0.5, 0.6) is 0 Å². The maximum Gasteiger partial charge on any atom is 0.121 e. The summed E-state index contributed by atoms with van der Waals surface area (Å²) in [6.07, 6.45) is 3.01. The third-order valence-corrected chi connectivity index (χ3v) is 2.71. The lowest BCUT2D eigenvalue weighted by molar-refractivity contribution is 1.09. The van der Waals surface area contributed by atoms with Gasteiger partial charge in [-0.1, -0.05) is 60.7 Å². The Morgan fingerprint density at radius 3 is 2.00 bits per heavy atom. The van der Waals surface area contributed by atoms with Gasteiger partial charge in [0.1, 0.15) is 6.20 Å². The van der Waals surface area contributed by atoms with Crippen molar-refractivity contribution in [2.45, 2.75) is 0 Å². The second kappa shape index (κ2) is 4.26. The Hall–Kier alpha value is -2.35. The van der Waals surface area contributed by atoms with E-state index in [9.17, 15) is 0 Å². The van der Waals surface area contributed by atoms with Gasteiger partial charge >= 0.3 is 0 Å². The van der Waals surface area contributed by atoms with Gasteiger partial charge in [-0.25, -0.2) is 0 Å². The van der Waals surface area contributed by atoms with Gasteiger partial charge in [-0.15, -0.1) is 0 Å². The van der Waals surface area contributed by atoms with Gasteiger partial charge in [-0.05, 0) is 5.56 Å². The zero-order valence-corrected chi connectivity index (χ0v) is 9.22. The zero-order chi connectivity index (χ0) is 11.5. The summed E-state index contributed by atoms with van der Waals surface area (Å²) >= 11 is 0. The number of H-pyrrole nitrogens is 1. The monoisotopic (exact) mass is 219 g/mol. The number of rotatable bonds is 2. The van der Waals surface area contributed by atoms with Crippen LogP contribution in [0.2, 0.25) is 0 Å². The molecule has 17 heavy (non-hydrogen) atoms. The van der Waals surface area contributed by atoms with Crippen LogP contribution in [0.4, 0.5) is 0 Å². The van der Waals surface area contributed by atoms with Crippen LogP contribution in [0.25, 0.3) is 22.4 Å². The SMILES string of the molecule is [c]1n[nH]c(-c2ccccc2)c1-c1ccccc1. The highest BCUT2D eigenvalue weighted by Crippen LogP contribution is 2.28. The van der Waals surface area contributed by atoms with Crippen LogP contribution < -0.4 is 0 Å². The summed E-state index contributed by atoms with van der Waals surface area (Å²) in [5, 5.41) is 7.04. The molecule has 2 nitrogen and oxygen atoms in total. The third kappa shape index (κ3) is 1.85. The molecule has 0 saturated carbocycles. The average molecular weight is 219 g/mol. The van der Waals surface area contributed by atoms with Gasteiger partial charge < -0.3 is 0 Å². The van der Waals surface area contributed by atoms with Crippen molar-refractivity contribution in [2.24, 2.45) is 0 Å². The lowest BCUT2D eigenvalue weighted by atomic mass is 10.0. The molecule has 0 aliphatic heterocycles. The van der Waals surface area contributed by atoms with E-state index in [1.54, 1.807) is 0 Å². The molecule has 0 fully saturated rings. The van der Waals surface area contributed by atoms with Crippen LogP contribution in [-0.4, -0.2) is 10.2 Å². The highest BCUT2D eigenvalue weighted by Gasteiger charge is 2.09. The highest BCUT2D eigenvalue weighted by molar-refractivity contribution is 5.79. The Labute approximate surface area is 99.9 Å². The first-order chi connectivity index (χ1) is 8.45. The fraction of sp³-hybridized carbons (Fsp3) is 0. The van der Waals surface area contributed by atoms with Crippen molar-refractivity contribution in [1.29, 1.82) is 0 Å². The van der Waals surface area contributed by atoms with E-state index in [-0.39, 0.29) is 0 Å². The van der Waals surface area contributed by atoms with E-state index in [1.165, 1.54) is 0 Å². The molecule has 3 aromatic rings. The molecular formula is C15H11N2. The highest BCUT2D eigenvalue weighted by atomic mass is 15.1. The fourth-order valence-corrected chi connectivity index (χ4v) is 1.88. The minimum absolute atomic E-state index is 1.01. The molecule has 2 heteroatoms. The topological polar surface area (TPSA) is 28.7 Å². The fourth-order valence-electron chi connectivity index (χ4n) is 1.88. The Morgan fingerprint density at radius 2 is 1.35 bits per heavy atom. The van der Waals surface area contributed by atoms with Crippen LogP contribution in [0.1, 0.15) is 0 Å². The number of benzene rings is 2. The Bertz CT molecular complexity index is 543. The van der Waals surface area contributed by atoms with Crippen LogP contribution in [0.3, 0.4) is 0 Å². The first kappa shape index (κ1) is 9.85. The predicted octanol–water partition coefficient (Wildman–Crippen LogP) is 3.54. The number of nitrogens with one attached hydrogen (secondary N) is 1. The minimum atomic E-state index is 1.01. The molecule has 81 valence electrons. The van der Waals surface area contributed by atoms with E-state index in [0.717, 1.165) is 22.4 Å². The Morgan fingerprint density at radius 1 is 0.765 bits per heavy atom. The number of aromatic amines is 1. The second-order valence-corrected chi connectivity index (χ2v) is 3.82. The normalized spacial score (nSPS) is 10.4. The van der Waals surface area contributed by atoms with Crippen molar-refractivity contribution in [3.8, 4) is 22.4 Å². The Kier molecular flexibility index (Phi) is 2.47. The van der Waals surface area contributed by atoms with Crippen molar-refractivity contribution in [3.05, 3.63) is 66.9 Å². The average Bonchev–Trinajstić information content (AvgIpc) is 2.90. The number of hydrogen-bond donors (Lipinski definition) is 1. The van der Waals surface area contributed by atoms with E-state index in [4.69, 9.17) is 0 Å². The molecular weight excluding hydrogens is 208 g/mol. The zero-order valence-electron chi connectivity index (χ0n) is 9.22. The van der Waals surface area contributed by atoms with E-state index in [0.29, 0.717) is 0 Å². The quantitative estimate of drug-likeness (QED) is 0.701. The predicted molar refractivity (Wildman–Crippen MR) is 68.3 cm³/mol. The molecule has 0 spiro atoms. The number of aromatic nitrogens is 2. The summed E-state index contributed by atoms with van der Waals surface area (Å²) < 4.78 is 0. The van der Waals surface area contributed by atoms with Crippen molar-refractivity contribution < 1.29 is 0 Å². The number of hydrogen-bond acceptors (Lipinski definition) is 1. The molecule has 0 aliphatic carbocycles. The van der Waals surface area contributed by atoms with Crippen LogP contribution >= 0.6 is 0 Å². The van der Waals surface area contributed by atoms with Gasteiger partial charge in [0.25, 0.3) is 0 Å². The second-order valence-electron chi connectivity index (χ2n) is 3.82. The van der Waals surface area contributed by atoms with E-state index >= 15 is 0 Å². The lowest BCUT2D eigenvalue weighted by Gasteiger charge is -2.02. The summed E-state index contributed by atoms with van der Waals surface area (Å²) in [6, 6.07) is 20.3. The van der Waals surface area contributed by atoms with Gasteiger partial charge in [0.2, 0.25) is 0 Å². The van der Waals surface area contributed by atoms with Gasteiger partial charge in [-0.2, -0.15) is 5.10 Å². The van der Waals surface area contributed by atoms with Crippen LogP contribution in [0.15, 0.2) is 60.7 Å². The summed E-state index contributed by atoms with van der Waals surface area (Å²) in [7, 11) is 0. The standard InChI is InChI=1S/C15H11N2/c1-3-7-12(8-4-1)14-11-16-17-15(14)13-9-5-2-6-10-13/h1-10H,(H,16,17). The first-order valence-electron chi connectivity index (χ1n) is 5.52. The number of nitrogens with zero attached hydrogens (tertiary/aromatic N) is 1. The molecule has 0 amide bonds. The summed E-state index contributed by atoms with van der Waals surface area (Å²) in [6.45, 7) is 0. The van der Waals surface area contributed by atoms with Crippen molar-refractivity contribution in [2.75, 3.05) is 0 Å². The summed E-state index contributed by atoms with van der Waals surface area (Å²) in [4.78, 5) is 0. The molecule has 0 saturated heterocycles. The van der Waals surface area contributed by atoms with Crippen LogP contribution in [0, 0.1) is 6.20 Å². The molecule has 1 aromatic heterocycles. The summed E-state index contributed by atoms with van der Waals surface area (Å²) in [5.74, 6) is 0. The molecule has 0 aliphatic rings. The minimum Gasteiger partial charge on any atom is -0.277 e. The molecule has 1 heterocycles. The third-order valence-electron chi connectivity index (χ3n) is 2.71. The molecule has 0 unspecified atom stereocenters. The summed E-state index contributed by atoms with van der Waals surface area (Å²) in [5.41, 5.74) is 4.27. The molecule has 3 rings (SSSR count). The van der Waals surface area contributed by atoms with Crippen molar-refractivity contribution in [3.63, 3.8) is 0 Å². The maximum atomic E-state index is 4.02.